The van der Waals surface area contributed by atoms with Crippen LogP contribution in [0.15, 0.2) is 0 Å². The molecule has 0 aromatic carbocycles. The zero-order chi connectivity index (χ0) is 11.2. The third-order valence-corrected chi connectivity index (χ3v) is 2.81. The Balaban J connectivity index is 3.72. The first-order chi connectivity index (χ1) is 6.33. The molecule has 0 aliphatic rings. The molecule has 0 aliphatic heterocycles. The second-order valence-corrected chi connectivity index (χ2v) is 5.64. The van der Waals surface area contributed by atoms with Crippen molar-refractivity contribution in [3.63, 3.8) is 0 Å². The lowest BCUT2D eigenvalue weighted by Crippen LogP contribution is -2.21. The fraction of sp³-hybridized carbons (Fsp3) is 0.875. The van der Waals surface area contributed by atoms with Crippen LogP contribution in [-0.2, 0) is 19.4 Å². The van der Waals surface area contributed by atoms with E-state index in [0.29, 0.717) is 12.5 Å². The van der Waals surface area contributed by atoms with Crippen molar-refractivity contribution in [1.82, 2.24) is 0 Å². The normalized spacial score (nSPS) is 11.9. The maximum Gasteiger partial charge on any atom is 0.318 e. The highest BCUT2D eigenvalue weighted by Crippen LogP contribution is 1.95. The van der Waals surface area contributed by atoms with E-state index in [1.165, 1.54) is 0 Å². The summed E-state index contributed by atoms with van der Waals surface area (Å²) in [5.74, 6) is -2.03. The van der Waals surface area contributed by atoms with Crippen LogP contribution in [0, 0.1) is 5.92 Å². The first kappa shape index (κ1) is 13.4. The van der Waals surface area contributed by atoms with Gasteiger partial charge in [0.25, 0.3) is 0 Å². The van der Waals surface area contributed by atoms with Gasteiger partial charge in [0.15, 0.2) is 9.84 Å². The average Bonchev–Trinajstić information content (AvgIpc) is 1.95. The fourth-order valence-corrected chi connectivity index (χ4v) is 1.66. The molecular weight excluding hydrogens is 208 g/mol. The largest absolute Gasteiger partial charge is 0.480 e. The summed E-state index contributed by atoms with van der Waals surface area (Å²) in [7, 11) is -3.50. The molecule has 0 fully saturated rings. The highest BCUT2D eigenvalue weighted by atomic mass is 32.2. The monoisotopic (exact) mass is 224 g/mol. The Hall–Kier alpha value is -0.620. The van der Waals surface area contributed by atoms with E-state index in [0.717, 1.165) is 0 Å². The van der Waals surface area contributed by atoms with Crippen molar-refractivity contribution in [3.05, 3.63) is 0 Å². The second-order valence-electron chi connectivity index (χ2n) is 3.45. The van der Waals surface area contributed by atoms with Gasteiger partial charge in [-0.15, -0.1) is 0 Å². The number of hydrogen-bond donors (Lipinski definition) is 1. The Morgan fingerprint density at radius 1 is 1.43 bits per heavy atom. The lowest BCUT2D eigenvalue weighted by atomic mass is 10.2. The summed E-state index contributed by atoms with van der Waals surface area (Å²) in [4.78, 5) is 10.1. The lowest BCUT2D eigenvalue weighted by molar-refractivity contribution is -0.134. The molecule has 0 bridgehead atoms. The van der Waals surface area contributed by atoms with Gasteiger partial charge in [0, 0.05) is 6.61 Å². The molecule has 0 amide bonds. The molecule has 14 heavy (non-hydrogen) atoms. The SMILES string of the molecule is CC(C)COCCS(=O)(=O)CC(=O)O. The minimum Gasteiger partial charge on any atom is -0.480 e. The number of carboxylic acid groups (broad SMARTS) is 1. The molecule has 0 radical (unpaired) electrons. The van der Waals surface area contributed by atoms with E-state index in [-0.39, 0.29) is 12.4 Å². The van der Waals surface area contributed by atoms with Gasteiger partial charge in [0.05, 0.1) is 12.4 Å². The van der Waals surface area contributed by atoms with Crippen LogP contribution in [0.4, 0.5) is 0 Å². The Bertz CT molecular complexity index is 267. The summed E-state index contributed by atoms with van der Waals surface area (Å²) in [6.45, 7) is 4.45. The van der Waals surface area contributed by atoms with Crippen molar-refractivity contribution in [2.75, 3.05) is 24.7 Å². The summed E-state index contributed by atoms with van der Waals surface area (Å²) >= 11 is 0. The molecule has 0 aliphatic carbocycles. The van der Waals surface area contributed by atoms with Gasteiger partial charge in [0.2, 0.25) is 0 Å². The van der Waals surface area contributed by atoms with Gasteiger partial charge in [-0.3, -0.25) is 4.79 Å². The van der Waals surface area contributed by atoms with Crippen LogP contribution in [-0.4, -0.2) is 44.2 Å². The zero-order valence-corrected chi connectivity index (χ0v) is 9.21. The van der Waals surface area contributed by atoms with Crippen molar-refractivity contribution in [2.24, 2.45) is 5.92 Å². The van der Waals surface area contributed by atoms with Gasteiger partial charge in [-0.25, -0.2) is 8.42 Å². The number of rotatable bonds is 7. The van der Waals surface area contributed by atoms with E-state index in [9.17, 15) is 13.2 Å². The number of aliphatic carboxylic acids is 1. The molecule has 0 rings (SSSR count). The molecule has 6 heteroatoms. The minimum atomic E-state index is -3.50. The Morgan fingerprint density at radius 3 is 2.43 bits per heavy atom. The summed E-state index contributed by atoms with van der Waals surface area (Å²) in [5, 5.41) is 8.27. The molecule has 0 heterocycles. The molecule has 1 N–H and O–H groups in total. The number of sulfone groups is 1. The highest BCUT2D eigenvalue weighted by molar-refractivity contribution is 7.92. The van der Waals surface area contributed by atoms with Gasteiger partial charge in [0.1, 0.15) is 5.75 Å². The van der Waals surface area contributed by atoms with Crippen LogP contribution in [0.1, 0.15) is 13.8 Å². The number of carboxylic acids is 1. The Morgan fingerprint density at radius 2 is 2.00 bits per heavy atom. The summed E-state index contributed by atoms with van der Waals surface area (Å²) in [6.07, 6.45) is 0. The molecule has 0 saturated carbocycles. The van der Waals surface area contributed by atoms with E-state index in [2.05, 4.69) is 0 Å². The maximum absolute atomic E-state index is 11.0. The maximum atomic E-state index is 11.0. The van der Waals surface area contributed by atoms with Crippen molar-refractivity contribution in [1.29, 1.82) is 0 Å². The summed E-state index contributed by atoms with van der Waals surface area (Å²) in [6, 6.07) is 0. The topological polar surface area (TPSA) is 80.7 Å². The smallest absolute Gasteiger partial charge is 0.318 e. The lowest BCUT2D eigenvalue weighted by Gasteiger charge is -2.06. The van der Waals surface area contributed by atoms with Gasteiger partial charge >= 0.3 is 5.97 Å². The van der Waals surface area contributed by atoms with Crippen LogP contribution in [0.2, 0.25) is 0 Å². The number of carbonyl (C=O) groups is 1. The van der Waals surface area contributed by atoms with E-state index in [1.807, 2.05) is 13.8 Å². The zero-order valence-electron chi connectivity index (χ0n) is 8.39. The predicted octanol–water partition coefficient (Wildman–Crippen LogP) is 0.158. The van der Waals surface area contributed by atoms with Crippen LogP contribution in [0.25, 0.3) is 0 Å². The van der Waals surface area contributed by atoms with Gasteiger partial charge in [-0.2, -0.15) is 0 Å². The van der Waals surface area contributed by atoms with Crippen molar-refractivity contribution in [3.8, 4) is 0 Å². The van der Waals surface area contributed by atoms with Crippen molar-refractivity contribution < 1.29 is 23.1 Å². The van der Waals surface area contributed by atoms with Gasteiger partial charge in [-0.05, 0) is 5.92 Å². The summed E-state index contributed by atoms with van der Waals surface area (Å²) < 4.78 is 27.1. The van der Waals surface area contributed by atoms with Crippen molar-refractivity contribution >= 4 is 15.8 Å². The third kappa shape index (κ3) is 8.00. The highest BCUT2D eigenvalue weighted by Gasteiger charge is 2.15. The molecule has 84 valence electrons. The standard InChI is InChI=1S/C8H16O5S/c1-7(2)5-13-3-4-14(11,12)6-8(9)10/h7H,3-6H2,1-2H3,(H,9,10). The van der Waals surface area contributed by atoms with Crippen LogP contribution in [0.3, 0.4) is 0 Å². The first-order valence-electron chi connectivity index (χ1n) is 4.33. The molecule has 5 nitrogen and oxygen atoms in total. The first-order valence-corrected chi connectivity index (χ1v) is 6.15. The molecule has 0 saturated heterocycles. The van der Waals surface area contributed by atoms with Gasteiger partial charge in [-0.1, -0.05) is 13.8 Å². The summed E-state index contributed by atoms with van der Waals surface area (Å²) in [5.41, 5.74) is 0. The van der Waals surface area contributed by atoms with Crippen LogP contribution < -0.4 is 0 Å². The average molecular weight is 224 g/mol. The molecule has 0 aromatic heterocycles. The molecule has 0 atom stereocenters. The fourth-order valence-electron chi connectivity index (χ4n) is 0.765. The quantitative estimate of drug-likeness (QED) is 0.623. The predicted molar refractivity (Wildman–Crippen MR) is 51.9 cm³/mol. The Labute approximate surface area is 84.0 Å². The molecular formula is C8H16O5S. The number of ether oxygens (including phenoxy) is 1. The van der Waals surface area contributed by atoms with Crippen LogP contribution >= 0.6 is 0 Å². The molecule has 0 unspecified atom stereocenters. The van der Waals surface area contributed by atoms with E-state index in [1.54, 1.807) is 0 Å². The Kier molecular flexibility index (Phi) is 5.71. The number of hydrogen-bond acceptors (Lipinski definition) is 4. The van der Waals surface area contributed by atoms with E-state index >= 15 is 0 Å². The van der Waals surface area contributed by atoms with E-state index < -0.39 is 21.6 Å². The second kappa shape index (κ2) is 5.98. The van der Waals surface area contributed by atoms with Crippen molar-refractivity contribution in [2.45, 2.75) is 13.8 Å². The molecule has 0 aromatic rings. The van der Waals surface area contributed by atoms with Crippen LogP contribution in [0.5, 0.6) is 0 Å². The third-order valence-electron chi connectivity index (χ3n) is 1.33. The van der Waals surface area contributed by atoms with E-state index in [4.69, 9.17) is 9.84 Å². The minimum absolute atomic E-state index is 0.0633. The molecule has 0 spiro atoms. The van der Waals surface area contributed by atoms with Gasteiger partial charge < -0.3 is 9.84 Å².